The molecule has 0 radical (unpaired) electrons. The minimum absolute atomic E-state index is 0.468. The van der Waals surface area contributed by atoms with Gasteiger partial charge in [-0.2, -0.15) is 10.4 Å². The summed E-state index contributed by atoms with van der Waals surface area (Å²) in [5, 5.41) is 18.4. The fourth-order valence-electron chi connectivity index (χ4n) is 2.64. The molecule has 116 valence electrons. The second kappa shape index (κ2) is 5.80. The van der Waals surface area contributed by atoms with Crippen LogP contribution in [0.2, 0.25) is 5.02 Å². The zero-order chi connectivity index (χ0) is 16.5. The van der Waals surface area contributed by atoms with Gasteiger partial charge in [-0.3, -0.25) is 4.98 Å². The van der Waals surface area contributed by atoms with Gasteiger partial charge in [0.05, 0.1) is 35.2 Å². The largest absolute Gasteiger partial charge is 0.378 e. The van der Waals surface area contributed by atoms with E-state index in [0.717, 1.165) is 22.2 Å². The van der Waals surface area contributed by atoms with Gasteiger partial charge in [-0.1, -0.05) is 11.6 Å². The van der Waals surface area contributed by atoms with Gasteiger partial charge in [-0.05, 0) is 24.3 Å². The highest BCUT2D eigenvalue weighted by Crippen LogP contribution is 2.28. The molecule has 0 saturated carbocycles. The quantitative estimate of drug-likeness (QED) is 0.621. The Kier molecular flexibility index (Phi) is 3.48. The van der Waals surface area contributed by atoms with Crippen LogP contribution in [0.5, 0.6) is 0 Å². The number of halogens is 1. The van der Waals surface area contributed by atoms with E-state index in [4.69, 9.17) is 11.6 Å². The van der Waals surface area contributed by atoms with Crippen molar-refractivity contribution in [3.63, 3.8) is 0 Å². The summed E-state index contributed by atoms with van der Waals surface area (Å²) < 4.78 is 1.76. The highest BCUT2D eigenvalue weighted by atomic mass is 35.5. The van der Waals surface area contributed by atoms with Gasteiger partial charge in [-0.15, -0.1) is 0 Å². The maximum Gasteiger partial charge on any atom is 0.155 e. The zero-order valence-electron chi connectivity index (χ0n) is 12.4. The molecule has 0 bridgehead atoms. The number of benzene rings is 1. The van der Waals surface area contributed by atoms with Crippen LogP contribution in [-0.2, 0) is 6.54 Å². The van der Waals surface area contributed by atoms with E-state index in [0.29, 0.717) is 22.8 Å². The third-order valence-electron chi connectivity index (χ3n) is 3.77. The molecule has 0 saturated heterocycles. The normalized spacial score (nSPS) is 10.8. The summed E-state index contributed by atoms with van der Waals surface area (Å²) in [6.45, 7) is 0.487. The minimum Gasteiger partial charge on any atom is -0.378 e. The summed E-state index contributed by atoms with van der Waals surface area (Å²) in [7, 11) is 0. The fourth-order valence-corrected chi connectivity index (χ4v) is 2.81. The van der Waals surface area contributed by atoms with Crippen LogP contribution in [0.15, 0.2) is 48.9 Å². The van der Waals surface area contributed by atoms with E-state index in [-0.39, 0.29) is 0 Å². The first-order valence-corrected chi connectivity index (χ1v) is 7.64. The van der Waals surface area contributed by atoms with Crippen LogP contribution in [0.4, 0.5) is 5.69 Å². The van der Waals surface area contributed by atoms with Crippen molar-refractivity contribution in [1.82, 2.24) is 19.6 Å². The highest BCUT2D eigenvalue weighted by Gasteiger charge is 2.10. The predicted molar refractivity (Wildman–Crippen MR) is 91.8 cm³/mol. The van der Waals surface area contributed by atoms with Crippen molar-refractivity contribution in [2.24, 2.45) is 0 Å². The number of nitrogens with zero attached hydrogens (tertiary/aromatic N) is 5. The van der Waals surface area contributed by atoms with Crippen molar-refractivity contribution in [3.8, 4) is 6.07 Å². The van der Waals surface area contributed by atoms with E-state index >= 15 is 0 Å². The number of nitriles is 1. The van der Waals surface area contributed by atoms with Crippen LogP contribution in [0.1, 0.15) is 11.3 Å². The third-order valence-corrected chi connectivity index (χ3v) is 4.00. The molecule has 24 heavy (non-hydrogen) atoms. The van der Waals surface area contributed by atoms with Crippen LogP contribution in [0.25, 0.3) is 16.6 Å². The van der Waals surface area contributed by atoms with Crippen LogP contribution >= 0.6 is 11.6 Å². The minimum atomic E-state index is 0.468. The molecular weight excluding hydrogens is 324 g/mol. The van der Waals surface area contributed by atoms with Crippen molar-refractivity contribution in [2.45, 2.75) is 6.54 Å². The van der Waals surface area contributed by atoms with Gasteiger partial charge in [0.25, 0.3) is 0 Å². The smallest absolute Gasteiger partial charge is 0.155 e. The molecule has 1 N–H and O–H groups in total. The number of hydrogen-bond acceptors (Lipinski definition) is 5. The number of nitrogens with one attached hydrogen (secondary N) is 1. The van der Waals surface area contributed by atoms with Gasteiger partial charge < -0.3 is 5.32 Å². The lowest BCUT2D eigenvalue weighted by Gasteiger charge is -2.12. The van der Waals surface area contributed by atoms with Crippen molar-refractivity contribution >= 4 is 33.8 Å². The maximum atomic E-state index is 9.39. The molecule has 0 aliphatic rings. The monoisotopic (exact) mass is 334 g/mol. The van der Waals surface area contributed by atoms with Crippen LogP contribution in [-0.4, -0.2) is 19.6 Å². The average molecular weight is 335 g/mol. The molecule has 0 unspecified atom stereocenters. The van der Waals surface area contributed by atoms with Gasteiger partial charge in [0, 0.05) is 28.9 Å². The number of pyridine rings is 1. The first-order chi connectivity index (χ1) is 11.8. The summed E-state index contributed by atoms with van der Waals surface area (Å²) in [4.78, 5) is 8.55. The molecule has 4 aromatic rings. The summed E-state index contributed by atoms with van der Waals surface area (Å²) in [5.41, 5.74) is 3.66. The highest BCUT2D eigenvalue weighted by molar-refractivity contribution is 6.31. The molecular formula is C17H11ClN6. The van der Waals surface area contributed by atoms with Crippen LogP contribution in [0.3, 0.4) is 0 Å². The Morgan fingerprint density at radius 1 is 1.17 bits per heavy atom. The number of hydrogen-bond donors (Lipinski definition) is 1. The molecule has 0 aliphatic heterocycles. The maximum absolute atomic E-state index is 9.39. The second-order valence-electron chi connectivity index (χ2n) is 5.21. The molecule has 0 amide bonds. The van der Waals surface area contributed by atoms with Gasteiger partial charge in [0.15, 0.2) is 5.65 Å². The topological polar surface area (TPSA) is 78.9 Å². The number of rotatable bonds is 3. The number of anilines is 1. The Hall–Kier alpha value is -3.17. The van der Waals surface area contributed by atoms with Gasteiger partial charge in [-0.25, -0.2) is 9.50 Å². The van der Waals surface area contributed by atoms with E-state index in [1.54, 1.807) is 29.2 Å². The first kappa shape index (κ1) is 14.4. The Morgan fingerprint density at radius 3 is 2.96 bits per heavy atom. The van der Waals surface area contributed by atoms with Crippen LogP contribution in [0, 0.1) is 11.3 Å². The lowest BCUT2D eigenvalue weighted by atomic mass is 10.1. The number of fused-ring (bicyclic) bond motifs is 2. The second-order valence-corrected chi connectivity index (χ2v) is 5.65. The fraction of sp³-hybridized carbons (Fsp3) is 0.0588. The van der Waals surface area contributed by atoms with E-state index < -0.39 is 0 Å². The standard InChI is InChI=1S/C17H11ClN6/c18-12-1-2-15-14(7-12)17(11(8-19)9-21-15)22-10-13-3-5-20-16-4-6-23-24(13)16/h1-7,9H,10H2,(H,21,22). The Labute approximate surface area is 142 Å². The average Bonchev–Trinajstić information content (AvgIpc) is 3.08. The molecule has 3 aromatic heterocycles. The molecule has 4 rings (SSSR count). The predicted octanol–water partition coefficient (Wildman–Crippen LogP) is 3.41. The molecule has 0 aliphatic carbocycles. The van der Waals surface area contributed by atoms with Crippen molar-refractivity contribution < 1.29 is 0 Å². The first-order valence-electron chi connectivity index (χ1n) is 7.26. The number of aromatic nitrogens is 4. The van der Waals surface area contributed by atoms with Crippen LogP contribution < -0.4 is 5.32 Å². The van der Waals surface area contributed by atoms with Crippen molar-refractivity contribution in [1.29, 1.82) is 5.26 Å². The third kappa shape index (κ3) is 2.41. The molecule has 0 fully saturated rings. The van der Waals surface area contributed by atoms with Gasteiger partial charge in [0.2, 0.25) is 0 Å². The molecule has 0 atom stereocenters. The molecule has 3 heterocycles. The summed E-state index contributed by atoms with van der Waals surface area (Å²) >= 11 is 6.11. The zero-order valence-corrected chi connectivity index (χ0v) is 13.2. The lowest BCUT2D eigenvalue weighted by Crippen LogP contribution is -2.08. The van der Waals surface area contributed by atoms with Gasteiger partial charge in [0.1, 0.15) is 6.07 Å². The van der Waals surface area contributed by atoms with E-state index in [1.165, 1.54) is 0 Å². The van der Waals surface area contributed by atoms with Crippen molar-refractivity contribution in [2.75, 3.05) is 5.32 Å². The van der Waals surface area contributed by atoms with E-state index in [1.807, 2.05) is 24.3 Å². The van der Waals surface area contributed by atoms with Gasteiger partial charge >= 0.3 is 0 Å². The summed E-state index contributed by atoms with van der Waals surface area (Å²) in [5.74, 6) is 0. The lowest BCUT2D eigenvalue weighted by molar-refractivity contribution is 0.854. The summed E-state index contributed by atoms with van der Waals surface area (Å²) in [6.07, 6.45) is 5.00. The summed E-state index contributed by atoms with van der Waals surface area (Å²) in [6, 6.07) is 11.3. The molecule has 1 aromatic carbocycles. The Bertz CT molecular complexity index is 1100. The SMILES string of the molecule is N#Cc1cnc2ccc(Cl)cc2c1NCc1ccnc2ccnn12. The molecule has 6 nitrogen and oxygen atoms in total. The molecule has 7 heteroatoms. The Balaban J connectivity index is 1.78. The molecule has 0 spiro atoms. The van der Waals surface area contributed by atoms with Crippen molar-refractivity contribution in [3.05, 3.63) is 65.2 Å². The van der Waals surface area contributed by atoms with E-state index in [9.17, 15) is 5.26 Å². The van der Waals surface area contributed by atoms with E-state index in [2.05, 4.69) is 26.5 Å². The Morgan fingerprint density at radius 2 is 2.08 bits per heavy atom.